The third-order valence-corrected chi connectivity index (χ3v) is 3.13. The Morgan fingerprint density at radius 1 is 1.33 bits per heavy atom. The third kappa shape index (κ3) is 2.29. The average Bonchev–Trinajstić information content (AvgIpc) is 2.69. The van der Waals surface area contributed by atoms with Crippen LogP contribution < -0.4 is 10.7 Å². The van der Waals surface area contributed by atoms with E-state index in [0.717, 1.165) is 11.4 Å². The Kier molecular flexibility index (Phi) is 3.77. The van der Waals surface area contributed by atoms with Gasteiger partial charge in [0.25, 0.3) is 5.91 Å². The number of hydrazone groups is 1. The Hall–Kier alpha value is -1.68. The van der Waals surface area contributed by atoms with Gasteiger partial charge in [0.15, 0.2) is 0 Å². The summed E-state index contributed by atoms with van der Waals surface area (Å²) in [6, 6.07) is 9.52. The molecule has 0 spiro atoms. The zero-order chi connectivity index (χ0) is 13.1. The highest BCUT2D eigenvalue weighted by Crippen LogP contribution is 2.27. The summed E-state index contributed by atoms with van der Waals surface area (Å²) in [4.78, 5) is 12.4. The molecular weight excluding hydrogens is 226 g/mol. The number of hydrogen-bond donors (Lipinski definition) is 1. The molecular formula is C14H19N3O. The maximum absolute atomic E-state index is 12.4. The van der Waals surface area contributed by atoms with E-state index in [1.54, 1.807) is 0 Å². The van der Waals surface area contributed by atoms with Gasteiger partial charge in [-0.25, -0.2) is 5.01 Å². The van der Waals surface area contributed by atoms with E-state index in [1.807, 2.05) is 30.3 Å². The molecule has 0 aromatic heterocycles. The number of carbonyl (C=O) groups is 1. The lowest BCUT2D eigenvalue weighted by molar-refractivity contribution is -0.119. The van der Waals surface area contributed by atoms with E-state index in [4.69, 9.17) is 5.73 Å². The number of carbonyl (C=O) groups excluding carboxylic acids is 1. The zero-order valence-corrected chi connectivity index (χ0v) is 10.8. The van der Waals surface area contributed by atoms with E-state index in [9.17, 15) is 4.79 Å². The standard InChI is InChI=1S/C14H19N3O/c1-10(2)13-12(8-9-15)14(18)17(16-13)11-6-4-3-5-7-11/h3-7,10,12H,8-9,15H2,1-2H3. The summed E-state index contributed by atoms with van der Waals surface area (Å²) < 4.78 is 0. The molecule has 4 nitrogen and oxygen atoms in total. The first-order valence-corrected chi connectivity index (χ1v) is 6.32. The Morgan fingerprint density at radius 2 is 2.00 bits per heavy atom. The van der Waals surface area contributed by atoms with Crippen molar-refractivity contribution in [3.63, 3.8) is 0 Å². The summed E-state index contributed by atoms with van der Waals surface area (Å²) in [5.41, 5.74) is 7.35. The van der Waals surface area contributed by atoms with E-state index in [0.29, 0.717) is 13.0 Å². The fourth-order valence-corrected chi connectivity index (χ4v) is 2.22. The molecule has 0 fully saturated rings. The zero-order valence-electron chi connectivity index (χ0n) is 10.8. The van der Waals surface area contributed by atoms with Crippen molar-refractivity contribution in [1.29, 1.82) is 0 Å². The molecule has 1 aromatic rings. The molecule has 0 saturated heterocycles. The number of hydrogen-bond acceptors (Lipinski definition) is 3. The van der Waals surface area contributed by atoms with E-state index >= 15 is 0 Å². The molecule has 1 aliphatic rings. The van der Waals surface area contributed by atoms with Crippen LogP contribution in [0.3, 0.4) is 0 Å². The van der Waals surface area contributed by atoms with Gasteiger partial charge in [-0.3, -0.25) is 4.79 Å². The summed E-state index contributed by atoms with van der Waals surface area (Å²) in [5.74, 6) is 0.143. The first-order chi connectivity index (χ1) is 8.65. The highest BCUT2D eigenvalue weighted by molar-refractivity contribution is 6.16. The minimum Gasteiger partial charge on any atom is -0.330 e. The van der Waals surface area contributed by atoms with Gasteiger partial charge in [-0.1, -0.05) is 32.0 Å². The molecule has 1 heterocycles. The van der Waals surface area contributed by atoms with E-state index in [-0.39, 0.29) is 17.7 Å². The van der Waals surface area contributed by atoms with Crippen molar-refractivity contribution in [1.82, 2.24) is 0 Å². The second-order valence-electron chi connectivity index (χ2n) is 4.80. The molecule has 18 heavy (non-hydrogen) atoms. The molecule has 0 radical (unpaired) electrons. The Morgan fingerprint density at radius 3 is 2.56 bits per heavy atom. The van der Waals surface area contributed by atoms with Crippen LogP contribution in [0.25, 0.3) is 0 Å². The number of anilines is 1. The van der Waals surface area contributed by atoms with Gasteiger partial charge in [-0.2, -0.15) is 5.10 Å². The number of nitrogens with two attached hydrogens (primary N) is 1. The highest BCUT2D eigenvalue weighted by Gasteiger charge is 2.36. The molecule has 1 aromatic carbocycles. The fourth-order valence-electron chi connectivity index (χ4n) is 2.22. The van der Waals surface area contributed by atoms with Gasteiger partial charge in [-0.05, 0) is 31.0 Å². The maximum atomic E-state index is 12.4. The number of rotatable bonds is 4. The lowest BCUT2D eigenvalue weighted by Gasteiger charge is -2.14. The quantitative estimate of drug-likeness (QED) is 0.882. The van der Waals surface area contributed by atoms with Gasteiger partial charge >= 0.3 is 0 Å². The summed E-state index contributed by atoms with van der Waals surface area (Å²) in [6.45, 7) is 4.62. The maximum Gasteiger partial charge on any atom is 0.256 e. The summed E-state index contributed by atoms with van der Waals surface area (Å²) in [6.07, 6.45) is 0.666. The van der Waals surface area contributed by atoms with Crippen molar-refractivity contribution in [3.05, 3.63) is 30.3 Å². The van der Waals surface area contributed by atoms with Crippen molar-refractivity contribution in [2.24, 2.45) is 22.7 Å². The molecule has 1 amide bonds. The predicted octanol–water partition coefficient (Wildman–Crippen LogP) is 2.01. The number of benzene rings is 1. The second-order valence-corrected chi connectivity index (χ2v) is 4.80. The smallest absolute Gasteiger partial charge is 0.256 e. The summed E-state index contributed by atoms with van der Waals surface area (Å²) in [7, 11) is 0. The van der Waals surface area contributed by atoms with Crippen LogP contribution >= 0.6 is 0 Å². The number of nitrogens with zero attached hydrogens (tertiary/aromatic N) is 2. The van der Waals surface area contributed by atoms with Crippen LogP contribution in [0.1, 0.15) is 20.3 Å². The summed E-state index contributed by atoms with van der Waals surface area (Å²) >= 11 is 0. The van der Waals surface area contributed by atoms with Crippen LogP contribution in [0.2, 0.25) is 0 Å². The molecule has 1 atom stereocenters. The lowest BCUT2D eigenvalue weighted by Crippen LogP contribution is -2.30. The molecule has 0 bridgehead atoms. The van der Waals surface area contributed by atoms with Crippen LogP contribution in [0.4, 0.5) is 5.69 Å². The van der Waals surface area contributed by atoms with Gasteiger partial charge in [-0.15, -0.1) is 0 Å². The van der Waals surface area contributed by atoms with E-state index in [2.05, 4.69) is 18.9 Å². The molecule has 2 rings (SSSR count). The molecule has 0 aliphatic carbocycles. The number of para-hydroxylation sites is 1. The topological polar surface area (TPSA) is 58.7 Å². The van der Waals surface area contributed by atoms with E-state index in [1.165, 1.54) is 5.01 Å². The van der Waals surface area contributed by atoms with Crippen LogP contribution in [-0.4, -0.2) is 18.2 Å². The minimum atomic E-state index is -0.157. The Balaban J connectivity index is 2.31. The highest BCUT2D eigenvalue weighted by atomic mass is 16.2. The van der Waals surface area contributed by atoms with Gasteiger partial charge in [0, 0.05) is 0 Å². The predicted molar refractivity (Wildman–Crippen MR) is 73.4 cm³/mol. The van der Waals surface area contributed by atoms with Crippen molar-refractivity contribution >= 4 is 17.3 Å². The summed E-state index contributed by atoms with van der Waals surface area (Å²) in [5, 5.41) is 5.99. The first-order valence-electron chi connectivity index (χ1n) is 6.32. The molecule has 4 heteroatoms. The van der Waals surface area contributed by atoms with Gasteiger partial charge in [0.2, 0.25) is 0 Å². The van der Waals surface area contributed by atoms with Crippen LogP contribution in [0.5, 0.6) is 0 Å². The molecule has 1 aliphatic heterocycles. The van der Waals surface area contributed by atoms with Crippen LogP contribution in [0.15, 0.2) is 35.4 Å². The average molecular weight is 245 g/mol. The monoisotopic (exact) mass is 245 g/mol. The Bertz CT molecular complexity index is 453. The lowest BCUT2D eigenvalue weighted by atomic mass is 9.92. The minimum absolute atomic E-state index is 0.0374. The van der Waals surface area contributed by atoms with Crippen molar-refractivity contribution in [2.75, 3.05) is 11.6 Å². The fraction of sp³-hybridized carbons (Fsp3) is 0.429. The van der Waals surface area contributed by atoms with Gasteiger partial charge in [0.05, 0.1) is 17.3 Å². The largest absolute Gasteiger partial charge is 0.330 e. The van der Waals surface area contributed by atoms with Crippen molar-refractivity contribution in [3.8, 4) is 0 Å². The van der Waals surface area contributed by atoms with Crippen molar-refractivity contribution < 1.29 is 4.79 Å². The van der Waals surface area contributed by atoms with E-state index < -0.39 is 0 Å². The first kappa shape index (κ1) is 12.8. The van der Waals surface area contributed by atoms with Gasteiger partial charge < -0.3 is 5.73 Å². The normalized spacial score (nSPS) is 19.6. The third-order valence-electron chi connectivity index (χ3n) is 3.13. The molecule has 1 unspecified atom stereocenters. The Labute approximate surface area is 107 Å². The second kappa shape index (κ2) is 5.31. The molecule has 0 saturated carbocycles. The molecule has 2 N–H and O–H groups in total. The SMILES string of the molecule is CC(C)C1=NN(c2ccccc2)C(=O)C1CCN. The van der Waals surface area contributed by atoms with Crippen LogP contribution in [0, 0.1) is 11.8 Å². The van der Waals surface area contributed by atoms with Crippen LogP contribution in [-0.2, 0) is 4.79 Å². The number of amides is 1. The molecule has 96 valence electrons. The van der Waals surface area contributed by atoms with Crippen molar-refractivity contribution in [2.45, 2.75) is 20.3 Å². The van der Waals surface area contributed by atoms with Gasteiger partial charge in [0.1, 0.15) is 0 Å².